The molecule has 0 spiro atoms. The van der Waals surface area contributed by atoms with E-state index in [2.05, 4.69) is 15.1 Å². The Kier molecular flexibility index (Phi) is 3.70. The number of urea groups is 1. The number of benzene rings is 1. The topological polar surface area (TPSA) is 80.3 Å². The fraction of sp³-hybridized carbons (Fsp3) is 0.368. The first-order valence-electron chi connectivity index (χ1n) is 9.31. The lowest BCUT2D eigenvalue weighted by Crippen LogP contribution is -2.43. The normalized spacial score (nSPS) is 15.7. The second-order valence-corrected chi connectivity index (χ2v) is 6.83. The molecule has 0 saturated carbocycles. The van der Waals surface area contributed by atoms with Gasteiger partial charge in [0.15, 0.2) is 0 Å². The van der Waals surface area contributed by atoms with Crippen molar-refractivity contribution in [3.8, 4) is 17.2 Å². The Labute approximate surface area is 156 Å². The molecule has 3 aromatic rings. The number of aromatic nitrogens is 4. The summed E-state index contributed by atoms with van der Waals surface area (Å²) in [5.41, 5.74) is 3.38. The van der Waals surface area contributed by atoms with Gasteiger partial charge in [-0.25, -0.2) is 9.78 Å². The molecule has 0 bridgehead atoms. The summed E-state index contributed by atoms with van der Waals surface area (Å²) < 4.78 is 7.27. The van der Waals surface area contributed by atoms with Crippen molar-refractivity contribution in [2.75, 3.05) is 18.0 Å². The Morgan fingerprint density at radius 3 is 2.70 bits per heavy atom. The van der Waals surface area contributed by atoms with Gasteiger partial charge in [-0.05, 0) is 25.0 Å². The van der Waals surface area contributed by atoms with E-state index in [4.69, 9.17) is 4.52 Å². The monoisotopic (exact) mass is 364 g/mol. The maximum absolute atomic E-state index is 13.2. The summed E-state index contributed by atoms with van der Waals surface area (Å²) in [4.78, 5) is 25.9. The molecule has 1 saturated heterocycles. The predicted octanol–water partition coefficient (Wildman–Crippen LogP) is 3.02. The van der Waals surface area contributed by atoms with Gasteiger partial charge in [0.05, 0.1) is 23.6 Å². The highest BCUT2D eigenvalue weighted by atomic mass is 16.5. The minimum atomic E-state index is 0.0423. The third-order valence-corrected chi connectivity index (χ3v) is 5.20. The number of carbonyl (C=O) groups excluding carboxylic acids is 1. The summed E-state index contributed by atoms with van der Waals surface area (Å²) >= 11 is 0. The average molecular weight is 364 g/mol. The Morgan fingerprint density at radius 2 is 1.96 bits per heavy atom. The molecule has 5 rings (SSSR count). The Hall–Kier alpha value is -3.16. The number of amides is 2. The molecule has 2 amide bonds. The Morgan fingerprint density at radius 1 is 1.19 bits per heavy atom. The number of imidazole rings is 1. The molecule has 1 aromatic carbocycles. The molecule has 0 radical (unpaired) electrons. The van der Waals surface area contributed by atoms with E-state index in [9.17, 15) is 4.79 Å². The van der Waals surface area contributed by atoms with E-state index >= 15 is 0 Å². The SMILES string of the molecule is CCc1nc(-c2ncn3c2CN(C(=O)N2CCCC2)c2ccccc2-3)no1. The summed E-state index contributed by atoms with van der Waals surface area (Å²) in [6.45, 7) is 4.02. The fourth-order valence-corrected chi connectivity index (χ4v) is 3.79. The summed E-state index contributed by atoms with van der Waals surface area (Å²) in [5.74, 6) is 1.04. The standard InChI is InChI=1S/C19H20N6O2/c1-2-16-21-18(22-27-16)17-15-11-24(19(26)23-9-5-6-10-23)13-7-3-4-8-14(13)25(15)12-20-17/h3-4,7-8,12H,2,5-6,9-11H2,1H3. The van der Waals surface area contributed by atoms with E-state index in [0.29, 0.717) is 30.4 Å². The van der Waals surface area contributed by atoms with E-state index in [-0.39, 0.29) is 6.03 Å². The third-order valence-electron chi connectivity index (χ3n) is 5.20. The van der Waals surface area contributed by atoms with Crippen LogP contribution in [0.25, 0.3) is 17.2 Å². The van der Waals surface area contributed by atoms with Crippen molar-refractivity contribution >= 4 is 11.7 Å². The van der Waals surface area contributed by atoms with Gasteiger partial charge in [0, 0.05) is 19.5 Å². The minimum absolute atomic E-state index is 0.0423. The highest BCUT2D eigenvalue weighted by Gasteiger charge is 2.33. The van der Waals surface area contributed by atoms with Crippen LogP contribution >= 0.6 is 0 Å². The van der Waals surface area contributed by atoms with E-state index in [0.717, 1.165) is 43.0 Å². The second-order valence-electron chi connectivity index (χ2n) is 6.83. The molecule has 0 N–H and O–H groups in total. The highest BCUT2D eigenvalue weighted by molar-refractivity contribution is 5.95. The zero-order valence-electron chi connectivity index (χ0n) is 15.1. The number of anilines is 1. The van der Waals surface area contributed by atoms with Crippen LogP contribution in [0.3, 0.4) is 0 Å². The molecule has 2 aromatic heterocycles. The number of likely N-dealkylation sites (tertiary alicyclic amines) is 1. The molecular formula is C19H20N6O2. The molecule has 8 heteroatoms. The van der Waals surface area contributed by atoms with Crippen molar-refractivity contribution in [3.05, 3.63) is 42.2 Å². The van der Waals surface area contributed by atoms with Gasteiger partial charge in [0.1, 0.15) is 12.0 Å². The largest absolute Gasteiger partial charge is 0.339 e. The number of hydrogen-bond donors (Lipinski definition) is 0. The van der Waals surface area contributed by atoms with Crippen molar-refractivity contribution < 1.29 is 9.32 Å². The number of fused-ring (bicyclic) bond motifs is 3. The van der Waals surface area contributed by atoms with Gasteiger partial charge in [-0.1, -0.05) is 24.2 Å². The quantitative estimate of drug-likeness (QED) is 0.698. The summed E-state index contributed by atoms with van der Waals surface area (Å²) in [7, 11) is 0. The van der Waals surface area contributed by atoms with Crippen LogP contribution in [0.1, 0.15) is 31.4 Å². The van der Waals surface area contributed by atoms with Crippen molar-refractivity contribution in [1.82, 2.24) is 24.6 Å². The van der Waals surface area contributed by atoms with E-state index in [1.54, 1.807) is 6.33 Å². The van der Waals surface area contributed by atoms with Gasteiger partial charge in [0.2, 0.25) is 11.7 Å². The van der Waals surface area contributed by atoms with Crippen molar-refractivity contribution in [3.63, 3.8) is 0 Å². The van der Waals surface area contributed by atoms with Crippen LogP contribution < -0.4 is 4.90 Å². The van der Waals surface area contributed by atoms with Crippen molar-refractivity contribution in [2.24, 2.45) is 0 Å². The van der Waals surface area contributed by atoms with E-state index in [1.807, 2.05) is 45.6 Å². The summed E-state index contributed by atoms with van der Waals surface area (Å²) in [5, 5.41) is 4.07. The van der Waals surface area contributed by atoms with Gasteiger partial charge in [-0.3, -0.25) is 9.47 Å². The summed E-state index contributed by atoms with van der Waals surface area (Å²) in [6.07, 6.45) is 4.56. The van der Waals surface area contributed by atoms with Crippen LogP contribution in [0, 0.1) is 0 Å². The molecule has 0 unspecified atom stereocenters. The number of nitrogens with zero attached hydrogens (tertiary/aromatic N) is 6. The van der Waals surface area contributed by atoms with Crippen LogP contribution in [0.15, 0.2) is 35.1 Å². The van der Waals surface area contributed by atoms with Gasteiger partial charge in [0.25, 0.3) is 0 Å². The van der Waals surface area contributed by atoms with Crippen molar-refractivity contribution in [2.45, 2.75) is 32.7 Å². The van der Waals surface area contributed by atoms with Crippen LogP contribution in [-0.2, 0) is 13.0 Å². The first-order chi connectivity index (χ1) is 13.3. The molecule has 2 aliphatic rings. The van der Waals surface area contributed by atoms with Crippen LogP contribution in [0.5, 0.6) is 0 Å². The van der Waals surface area contributed by atoms with E-state index in [1.165, 1.54) is 0 Å². The number of hydrogen-bond acceptors (Lipinski definition) is 5. The Balaban J connectivity index is 1.60. The molecule has 27 heavy (non-hydrogen) atoms. The molecular weight excluding hydrogens is 344 g/mol. The molecule has 138 valence electrons. The van der Waals surface area contributed by atoms with Crippen LogP contribution in [0.4, 0.5) is 10.5 Å². The van der Waals surface area contributed by atoms with Gasteiger partial charge in [-0.2, -0.15) is 4.98 Å². The molecule has 0 aliphatic carbocycles. The molecule has 0 atom stereocenters. The third kappa shape index (κ3) is 2.51. The lowest BCUT2D eigenvalue weighted by atomic mass is 10.1. The number of para-hydroxylation sites is 2. The van der Waals surface area contributed by atoms with E-state index < -0.39 is 0 Å². The molecule has 1 fully saturated rings. The minimum Gasteiger partial charge on any atom is -0.339 e. The summed E-state index contributed by atoms with van der Waals surface area (Å²) in [6, 6.07) is 7.95. The predicted molar refractivity (Wildman–Crippen MR) is 98.6 cm³/mol. The number of rotatable bonds is 2. The number of aryl methyl sites for hydroxylation is 1. The zero-order chi connectivity index (χ0) is 18.4. The van der Waals surface area contributed by atoms with Gasteiger partial charge in [-0.15, -0.1) is 0 Å². The maximum atomic E-state index is 13.2. The van der Waals surface area contributed by atoms with Crippen molar-refractivity contribution in [1.29, 1.82) is 0 Å². The van der Waals surface area contributed by atoms with Crippen LogP contribution in [0.2, 0.25) is 0 Å². The lowest BCUT2D eigenvalue weighted by Gasteiger charge is -2.33. The van der Waals surface area contributed by atoms with Gasteiger partial charge >= 0.3 is 6.03 Å². The highest BCUT2D eigenvalue weighted by Crippen LogP contribution is 2.36. The second kappa shape index (κ2) is 6.22. The lowest BCUT2D eigenvalue weighted by molar-refractivity contribution is 0.214. The molecule has 4 heterocycles. The fourth-order valence-electron chi connectivity index (χ4n) is 3.79. The molecule has 2 aliphatic heterocycles. The zero-order valence-corrected chi connectivity index (χ0v) is 15.1. The average Bonchev–Trinajstić information content (AvgIpc) is 3.46. The first kappa shape index (κ1) is 16.0. The van der Waals surface area contributed by atoms with Crippen LogP contribution in [-0.4, -0.2) is 43.7 Å². The number of carbonyl (C=O) groups is 1. The smallest absolute Gasteiger partial charge is 0.324 e. The van der Waals surface area contributed by atoms with Gasteiger partial charge < -0.3 is 9.42 Å². The maximum Gasteiger partial charge on any atom is 0.324 e. The molecule has 8 nitrogen and oxygen atoms in total. The Bertz CT molecular complexity index is 1000. The first-order valence-corrected chi connectivity index (χ1v) is 9.31.